The lowest BCUT2D eigenvalue weighted by Crippen LogP contribution is -2.20. The Balaban J connectivity index is 1.81. The quantitative estimate of drug-likeness (QED) is 0.270. The summed E-state index contributed by atoms with van der Waals surface area (Å²) in [4.78, 5) is 17.9. The Morgan fingerprint density at radius 3 is 2.50 bits per heavy atom. The second-order valence-electron chi connectivity index (χ2n) is 7.04. The molecule has 0 N–H and O–H groups in total. The van der Waals surface area contributed by atoms with Gasteiger partial charge in [0.25, 0.3) is 5.56 Å². The van der Waals surface area contributed by atoms with E-state index in [-0.39, 0.29) is 11.7 Å². The van der Waals surface area contributed by atoms with Crippen molar-refractivity contribution in [2.24, 2.45) is 5.10 Å². The van der Waals surface area contributed by atoms with Crippen LogP contribution in [0.15, 0.2) is 82.7 Å². The van der Waals surface area contributed by atoms with Gasteiger partial charge in [0.05, 0.1) is 26.8 Å². The highest BCUT2D eigenvalue weighted by molar-refractivity contribution is 14.1. The van der Waals surface area contributed by atoms with Crippen LogP contribution in [0.25, 0.3) is 22.3 Å². The second-order valence-corrected chi connectivity index (χ2v) is 8.20. The molecule has 5 nitrogen and oxygen atoms in total. The van der Waals surface area contributed by atoms with Crippen LogP contribution in [0.5, 0.6) is 5.75 Å². The van der Waals surface area contributed by atoms with Gasteiger partial charge in [0.15, 0.2) is 5.82 Å². The monoisotopic (exact) mass is 509 g/mol. The topological polar surface area (TPSA) is 56.5 Å². The van der Waals surface area contributed by atoms with Crippen molar-refractivity contribution in [2.45, 2.75) is 20.0 Å². The first-order valence-electron chi connectivity index (χ1n) is 9.61. The van der Waals surface area contributed by atoms with Crippen molar-refractivity contribution in [3.05, 3.63) is 92.3 Å². The predicted molar refractivity (Wildman–Crippen MR) is 129 cm³/mol. The summed E-state index contributed by atoms with van der Waals surface area (Å²) in [5.41, 5.74) is 2.14. The number of hydrogen-bond donors (Lipinski definition) is 0. The molecule has 0 aliphatic carbocycles. The molecule has 150 valence electrons. The van der Waals surface area contributed by atoms with Crippen LogP contribution < -0.4 is 10.3 Å². The number of nitrogens with zero attached hydrogens (tertiary/aromatic N) is 3. The summed E-state index contributed by atoms with van der Waals surface area (Å²) in [5.74, 6) is 1.34. The Hall–Kier alpha value is -3.00. The number of halogens is 1. The Bertz CT molecular complexity index is 1280. The van der Waals surface area contributed by atoms with E-state index in [1.165, 1.54) is 4.68 Å². The first kappa shape index (κ1) is 20.3. The standard InChI is InChI=1S/C24H20IN3O2/c1-16(2)30-22-13-12-17(14-20(22)25)15-26-28-23(18-8-4-3-5-9-18)27-21-11-7-6-10-19(21)24(28)29/h3-16H,1-2H3. The molecule has 0 bridgehead atoms. The van der Waals surface area contributed by atoms with Crippen LogP contribution in [-0.4, -0.2) is 22.0 Å². The number of fused-ring (bicyclic) bond motifs is 1. The van der Waals surface area contributed by atoms with E-state index < -0.39 is 0 Å². The molecule has 0 spiro atoms. The molecule has 6 heteroatoms. The third-order valence-corrected chi connectivity index (χ3v) is 5.27. The summed E-state index contributed by atoms with van der Waals surface area (Å²) in [5, 5.41) is 5.04. The predicted octanol–water partition coefficient (Wildman–Crippen LogP) is 5.34. The highest BCUT2D eigenvalue weighted by Crippen LogP contribution is 2.23. The number of benzene rings is 3. The zero-order chi connectivity index (χ0) is 21.1. The summed E-state index contributed by atoms with van der Waals surface area (Å²) >= 11 is 2.24. The lowest BCUT2D eigenvalue weighted by Gasteiger charge is -2.12. The van der Waals surface area contributed by atoms with Gasteiger partial charge in [0.1, 0.15) is 5.75 Å². The van der Waals surface area contributed by atoms with Gasteiger partial charge in [-0.2, -0.15) is 9.78 Å². The minimum absolute atomic E-state index is 0.105. The summed E-state index contributed by atoms with van der Waals surface area (Å²) in [6, 6.07) is 22.7. The van der Waals surface area contributed by atoms with Crippen molar-refractivity contribution in [3.63, 3.8) is 0 Å². The number of ether oxygens (including phenoxy) is 1. The van der Waals surface area contributed by atoms with Crippen molar-refractivity contribution >= 4 is 39.7 Å². The van der Waals surface area contributed by atoms with Gasteiger partial charge in [0, 0.05) is 5.56 Å². The normalized spacial score (nSPS) is 11.5. The fourth-order valence-electron chi connectivity index (χ4n) is 3.08. The minimum Gasteiger partial charge on any atom is -0.490 e. The molecule has 1 heterocycles. The summed E-state index contributed by atoms with van der Waals surface area (Å²) in [7, 11) is 0. The number of para-hydroxylation sites is 1. The lowest BCUT2D eigenvalue weighted by molar-refractivity contribution is 0.240. The van der Waals surface area contributed by atoms with Gasteiger partial charge >= 0.3 is 0 Å². The molecule has 0 aliphatic rings. The van der Waals surface area contributed by atoms with Gasteiger partial charge in [-0.25, -0.2) is 4.98 Å². The molecular weight excluding hydrogens is 489 g/mol. The molecule has 0 saturated heterocycles. The minimum atomic E-state index is -0.204. The molecule has 0 aliphatic heterocycles. The molecule has 0 fully saturated rings. The van der Waals surface area contributed by atoms with E-state index in [1.807, 2.05) is 80.6 Å². The first-order valence-corrected chi connectivity index (χ1v) is 10.7. The third kappa shape index (κ3) is 4.28. The number of hydrogen-bond acceptors (Lipinski definition) is 4. The first-order chi connectivity index (χ1) is 14.5. The van der Waals surface area contributed by atoms with Crippen LogP contribution in [0.3, 0.4) is 0 Å². The molecular formula is C24H20IN3O2. The Labute approximate surface area is 188 Å². The zero-order valence-corrected chi connectivity index (χ0v) is 18.8. The third-order valence-electron chi connectivity index (χ3n) is 4.43. The molecule has 0 radical (unpaired) electrons. The fraction of sp³-hybridized carbons (Fsp3) is 0.125. The van der Waals surface area contributed by atoms with Gasteiger partial charge in [-0.1, -0.05) is 42.5 Å². The maximum absolute atomic E-state index is 13.2. The van der Waals surface area contributed by atoms with Crippen LogP contribution in [0.1, 0.15) is 19.4 Å². The molecule has 0 unspecified atom stereocenters. The number of rotatable bonds is 5. The van der Waals surface area contributed by atoms with Crippen molar-refractivity contribution < 1.29 is 4.74 Å². The molecule has 3 aromatic carbocycles. The highest BCUT2D eigenvalue weighted by atomic mass is 127. The zero-order valence-electron chi connectivity index (χ0n) is 16.6. The van der Waals surface area contributed by atoms with E-state index in [2.05, 4.69) is 27.7 Å². The summed E-state index contributed by atoms with van der Waals surface area (Å²) < 4.78 is 8.14. The fourth-order valence-corrected chi connectivity index (χ4v) is 3.74. The van der Waals surface area contributed by atoms with Crippen LogP contribution >= 0.6 is 22.6 Å². The molecule has 4 rings (SSSR count). The maximum Gasteiger partial charge on any atom is 0.282 e. The van der Waals surface area contributed by atoms with Gasteiger partial charge in [-0.05, 0) is 72.3 Å². The van der Waals surface area contributed by atoms with Crippen molar-refractivity contribution in [1.82, 2.24) is 9.66 Å². The highest BCUT2D eigenvalue weighted by Gasteiger charge is 2.12. The van der Waals surface area contributed by atoms with Gasteiger partial charge in [0.2, 0.25) is 0 Å². The van der Waals surface area contributed by atoms with Crippen LogP contribution in [0.2, 0.25) is 0 Å². The summed E-state index contributed by atoms with van der Waals surface area (Å²) in [6.45, 7) is 3.99. The van der Waals surface area contributed by atoms with Crippen molar-refractivity contribution in [1.29, 1.82) is 0 Å². The molecule has 0 saturated carbocycles. The van der Waals surface area contributed by atoms with Gasteiger partial charge in [-0.15, -0.1) is 0 Å². The summed E-state index contributed by atoms with van der Waals surface area (Å²) in [6.07, 6.45) is 1.78. The van der Waals surface area contributed by atoms with E-state index in [0.29, 0.717) is 16.7 Å². The lowest BCUT2D eigenvalue weighted by atomic mass is 10.2. The van der Waals surface area contributed by atoms with Crippen molar-refractivity contribution in [3.8, 4) is 17.1 Å². The Morgan fingerprint density at radius 2 is 1.77 bits per heavy atom. The van der Waals surface area contributed by atoms with E-state index in [9.17, 15) is 4.79 Å². The smallest absolute Gasteiger partial charge is 0.282 e. The average Bonchev–Trinajstić information content (AvgIpc) is 2.75. The molecule has 1 aromatic heterocycles. The van der Waals surface area contributed by atoms with Gasteiger partial charge < -0.3 is 4.74 Å². The van der Waals surface area contributed by atoms with E-state index in [1.54, 1.807) is 12.3 Å². The van der Waals surface area contributed by atoms with E-state index in [4.69, 9.17) is 9.72 Å². The largest absolute Gasteiger partial charge is 0.490 e. The second kappa shape index (κ2) is 8.79. The van der Waals surface area contributed by atoms with Crippen LogP contribution in [0.4, 0.5) is 0 Å². The average molecular weight is 509 g/mol. The molecule has 0 amide bonds. The van der Waals surface area contributed by atoms with Gasteiger partial charge in [-0.3, -0.25) is 4.79 Å². The molecule has 0 atom stereocenters. The molecule has 4 aromatic rings. The Kier molecular flexibility index (Phi) is 5.94. The molecule has 30 heavy (non-hydrogen) atoms. The number of aromatic nitrogens is 2. The van der Waals surface area contributed by atoms with E-state index in [0.717, 1.165) is 20.4 Å². The maximum atomic E-state index is 13.2. The van der Waals surface area contributed by atoms with Crippen molar-refractivity contribution in [2.75, 3.05) is 0 Å². The van der Waals surface area contributed by atoms with Crippen LogP contribution in [0, 0.1) is 3.57 Å². The van der Waals surface area contributed by atoms with E-state index >= 15 is 0 Å². The SMILES string of the molecule is CC(C)Oc1ccc(C=Nn2c(-c3ccccc3)nc3ccccc3c2=O)cc1I. The Morgan fingerprint density at radius 1 is 1.03 bits per heavy atom. The van der Waals surface area contributed by atoms with Crippen LogP contribution in [-0.2, 0) is 0 Å².